The van der Waals surface area contributed by atoms with Crippen LogP contribution < -0.4 is 11.1 Å². The molecule has 3 N–H and O–H groups in total. The molecular formula is C9H10ClN3S. The van der Waals surface area contributed by atoms with Gasteiger partial charge in [0.2, 0.25) is 0 Å². The highest BCUT2D eigenvalue weighted by molar-refractivity contribution is 7.20. The summed E-state index contributed by atoms with van der Waals surface area (Å²) in [6.45, 7) is 1.88. The van der Waals surface area contributed by atoms with E-state index in [1.807, 2.05) is 0 Å². The van der Waals surface area contributed by atoms with Crippen LogP contribution in [0.1, 0.15) is 23.5 Å². The number of halogens is 1. The third-order valence-corrected chi connectivity index (χ3v) is 3.77. The predicted molar refractivity (Wildman–Crippen MR) is 58.7 cm³/mol. The Morgan fingerprint density at radius 2 is 2.43 bits per heavy atom. The number of nitrogens with two attached hydrogens (primary N) is 1. The van der Waals surface area contributed by atoms with Crippen LogP contribution in [0.5, 0.6) is 0 Å². The third kappa shape index (κ3) is 1.48. The van der Waals surface area contributed by atoms with Gasteiger partial charge in [0, 0.05) is 18.0 Å². The summed E-state index contributed by atoms with van der Waals surface area (Å²) in [5, 5.41) is 12.8. The largest absolute Gasteiger partial charge is 0.389 e. The lowest BCUT2D eigenvalue weighted by molar-refractivity contribution is 0.765. The van der Waals surface area contributed by atoms with Crippen LogP contribution in [-0.4, -0.2) is 13.1 Å². The summed E-state index contributed by atoms with van der Waals surface area (Å²) in [6.07, 6.45) is 1.03. The molecule has 0 radical (unpaired) electrons. The van der Waals surface area contributed by atoms with Crippen molar-refractivity contribution < 1.29 is 0 Å². The molecule has 14 heavy (non-hydrogen) atoms. The van der Waals surface area contributed by atoms with Crippen LogP contribution in [0.25, 0.3) is 0 Å². The first-order chi connectivity index (χ1) is 6.74. The Labute approximate surface area is 91.5 Å². The molecule has 0 aliphatic carbocycles. The van der Waals surface area contributed by atoms with Gasteiger partial charge >= 0.3 is 0 Å². The normalized spacial score (nSPS) is 21.0. The van der Waals surface area contributed by atoms with Gasteiger partial charge in [-0.3, -0.25) is 0 Å². The summed E-state index contributed by atoms with van der Waals surface area (Å²) in [7, 11) is 0. The molecule has 1 aliphatic rings. The SMILES string of the molecule is N#Cc1c(N)sc(Cl)c1C1CCNC1. The fourth-order valence-electron chi connectivity index (χ4n) is 1.81. The van der Waals surface area contributed by atoms with Crippen LogP contribution in [0.4, 0.5) is 5.00 Å². The zero-order chi connectivity index (χ0) is 10.1. The molecule has 0 aromatic carbocycles. The molecule has 2 rings (SSSR count). The lowest BCUT2D eigenvalue weighted by Crippen LogP contribution is -2.08. The molecule has 1 aromatic heterocycles. The van der Waals surface area contributed by atoms with Crippen LogP contribution in [0.2, 0.25) is 4.34 Å². The van der Waals surface area contributed by atoms with Crippen molar-refractivity contribution in [2.24, 2.45) is 0 Å². The predicted octanol–water partition coefficient (Wildman–Crippen LogP) is 1.93. The van der Waals surface area contributed by atoms with Crippen molar-refractivity contribution in [3.05, 3.63) is 15.5 Å². The van der Waals surface area contributed by atoms with E-state index < -0.39 is 0 Å². The average Bonchev–Trinajstić information content (AvgIpc) is 2.72. The highest BCUT2D eigenvalue weighted by Gasteiger charge is 2.25. The van der Waals surface area contributed by atoms with Crippen molar-refractivity contribution in [1.82, 2.24) is 5.32 Å². The number of nitrogen functional groups attached to an aromatic ring is 1. The zero-order valence-electron chi connectivity index (χ0n) is 7.51. The molecule has 0 amide bonds. The summed E-state index contributed by atoms with van der Waals surface area (Å²) >= 11 is 7.37. The van der Waals surface area contributed by atoms with Crippen LogP contribution in [-0.2, 0) is 0 Å². The summed E-state index contributed by atoms with van der Waals surface area (Å²) < 4.78 is 0.674. The van der Waals surface area contributed by atoms with Gasteiger partial charge in [-0.2, -0.15) is 5.26 Å². The molecule has 74 valence electrons. The van der Waals surface area contributed by atoms with Crippen molar-refractivity contribution >= 4 is 27.9 Å². The first-order valence-electron chi connectivity index (χ1n) is 4.42. The van der Waals surface area contributed by atoms with Crippen LogP contribution in [0.3, 0.4) is 0 Å². The molecule has 1 aliphatic heterocycles. The maximum Gasteiger partial charge on any atom is 0.106 e. The van der Waals surface area contributed by atoms with Gasteiger partial charge in [-0.05, 0) is 13.0 Å². The number of anilines is 1. The number of thiophene rings is 1. The van der Waals surface area contributed by atoms with E-state index in [1.165, 1.54) is 11.3 Å². The van der Waals surface area contributed by atoms with Gasteiger partial charge in [-0.25, -0.2) is 0 Å². The molecule has 3 nitrogen and oxygen atoms in total. The van der Waals surface area contributed by atoms with Gasteiger partial charge in [0.25, 0.3) is 0 Å². The minimum Gasteiger partial charge on any atom is -0.389 e. The summed E-state index contributed by atoms with van der Waals surface area (Å²) in [4.78, 5) is 0. The van der Waals surface area contributed by atoms with E-state index in [1.54, 1.807) is 0 Å². The zero-order valence-corrected chi connectivity index (χ0v) is 9.08. The Kier molecular flexibility index (Phi) is 2.64. The van der Waals surface area contributed by atoms with E-state index >= 15 is 0 Å². The van der Waals surface area contributed by atoms with Crippen molar-refractivity contribution in [2.75, 3.05) is 18.8 Å². The molecule has 1 atom stereocenters. The smallest absolute Gasteiger partial charge is 0.106 e. The maximum absolute atomic E-state index is 8.97. The Morgan fingerprint density at radius 1 is 1.64 bits per heavy atom. The Balaban J connectivity index is 2.45. The Morgan fingerprint density at radius 3 is 3.00 bits per heavy atom. The molecule has 1 saturated heterocycles. The van der Waals surface area contributed by atoms with Gasteiger partial charge < -0.3 is 11.1 Å². The number of nitrogens with zero attached hydrogens (tertiary/aromatic N) is 1. The number of hydrogen-bond acceptors (Lipinski definition) is 4. The van der Waals surface area contributed by atoms with E-state index in [9.17, 15) is 0 Å². The van der Waals surface area contributed by atoms with Crippen molar-refractivity contribution in [2.45, 2.75) is 12.3 Å². The second kappa shape index (κ2) is 3.77. The summed E-state index contributed by atoms with van der Waals surface area (Å²) in [6, 6.07) is 2.13. The van der Waals surface area contributed by atoms with E-state index in [0.717, 1.165) is 25.1 Å². The standard InChI is InChI=1S/C9H10ClN3S/c10-8-7(5-1-2-13-4-5)6(3-11)9(12)14-8/h5,13H,1-2,4,12H2. The number of rotatable bonds is 1. The number of nitrogens with one attached hydrogen (secondary N) is 1. The quantitative estimate of drug-likeness (QED) is 0.771. The molecular weight excluding hydrogens is 218 g/mol. The van der Waals surface area contributed by atoms with Crippen molar-refractivity contribution in [1.29, 1.82) is 5.26 Å². The van der Waals surface area contributed by atoms with Gasteiger partial charge in [-0.1, -0.05) is 11.6 Å². The van der Waals surface area contributed by atoms with Crippen LogP contribution >= 0.6 is 22.9 Å². The molecule has 1 aromatic rings. The average molecular weight is 228 g/mol. The molecule has 1 fully saturated rings. The fourth-order valence-corrected chi connectivity index (χ4v) is 3.14. The number of nitriles is 1. The topological polar surface area (TPSA) is 61.8 Å². The molecule has 2 heterocycles. The minimum absolute atomic E-state index is 0.352. The molecule has 0 spiro atoms. The minimum atomic E-state index is 0.352. The second-order valence-electron chi connectivity index (χ2n) is 3.33. The Hall–Kier alpha value is -0.760. The van der Waals surface area contributed by atoms with E-state index in [2.05, 4.69) is 11.4 Å². The third-order valence-electron chi connectivity index (χ3n) is 2.51. The van der Waals surface area contributed by atoms with Crippen LogP contribution in [0.15, 0.2) is 0 Å². The molecule has 1 unspecified atom stereocenters. The first kappa shape index (κ1) is 9.78. The van der Waals surface area contributed by atoms with Gasteiger partial charge in [0.15, 0.2) is 0 Å². The monoisotopic (exact) mass is 227 g/mol. The van der Waals surface area contributed by atoms with Crippen LogP contribution in [0, 0.1) is 11.3 Å². The van der Waals surface area contributed by atoms with Gasteiger partial charge in [-0.15, -0.1) is 11.3 Å². The molecule has 0 saturated carbocycles. The maximum atomic E-state index is 8.97. The number of hydrogen-bond donors (Lipinski definition) is 2. The molecule has 5 heteroatoms. The van der Waals surface area contributed by atoms with E-state index in [-0.39, 0.29) is 0 Å². The second-order valence-corrected chi connectivity index (χ2v) is 4.98. The lowest BCUT2D eigenvalue weighted by Gasteiger charge is -2.07. The lowest BCUT2D eigenvalue weighted by atomic mass is 9.98. The highest BCUT2D eigenvalue weighted by atomic mass is 35.5. The summed E-state index contributed by atoms with van der Waals surface area (Å²) in [5.74, 6) is 0.352. The van der Waals surface area contributed by atoms with E-state index in [0.29, 0.717) is 20.8 Å². The summed E-state index contributed by atoms with van der Waals surface area (Å²) in [5.41, 5.74) is 7.23. The fraction of sp³-hybridized carbons (Fsp3) is 0.444. The van der Waals surface area contributed by atoms with Crippen molar-refractivity contribution in [3.8, 4) is 6.07 Å². The highest BCUT2D eigenvalue weighted by Crippen LogP contribution is 2.40. The molecule has 0 bridgehead atoms. The van der Waals surface area contributed by atoms with Crippen molar-refractivity contribution in [3.63, 3.8) is 0 Å². The Bertz CT molecular complexity index is 387. The van der Waals surface area contributed by atoms with E-state index in [4.69, 9.17) is 22.6 Å². The first-order valence-corrected chi connectivity index (χ1v) is 5.62. The van der Waals surface area contributed by atoms with Gasteiger partial charge in [0.1, 0.15) is 11.1 Å². The van der Waals surface area contributed by atoms with Gasteiger partial charge in [0.05, 0.1) is 9.90 Å².